The topological polar surface area (TPSA) is 87.1 Å². The lowest BCUT2D eigenvalue weighted by atomic mass is 10.4. The molecule has 0 bridgehead atoms. The monoisotopic (exact) mass is 239 g/mol. The molecule has 0 saturated carbocycles. The Morgan fingerprint density at radius 3 is 2.07 bits per heavy atom. The van der Waals surface area contributed by atoms with Gasteiger partial charge in [-0.15, -0.1) is 0 Å². The summed E-state index contributed by atoms with van der Waals surface area (Å²) < 4.78 is 15.8. The number of nitrogens with zero attached hydrogens (tertiary/aromatic N) is 1. The molecule has 0 radical (unpaired) electrons. The van der Waals surface area contributed by atoms with E-state index < -0.39 is 19.3 Å². The van der Waals surface area contributed by atoms with Crippen molar-refractivity contribution in [3.05, 3.63) is 0 Å². The second kappa shape index (κ2) is 6.23. The first-order valence-electron chi connectivity index (χ1n) is 4.84. The van der Waals surface area contributed by atoms with Crippen molar-refractivity contribution in [2.24, 2.45) is 0 Å². The summed E-state index contributed by atoms with van der Waals surface area (Å²) in [5.41, 5.74) is 0. The maximum absolute atomic E-state index is 11.4. The van der Waals surface area contributed by atoms with E-state index >= 15 is 0 Å². The molecule has 1 atom stereocenters. The van der Waals surface area contributed by atoms with Crippen LogP contribution < -0.4 is 0 Å². The van der Waals surface area contributed by atoms with Crippen LogP contribution in [0.5, 0.6) is 0 Å². The molecule has 0 aromatic carbocycles. The Labute approximate surface area is 89.4 Å². The number of carbonyl (C=O) groups excluding carboxylic acids is 1. The lowest BCUT2D eigenvalue weighted by Crippen LogP contribution is -2.41. The highest BCUT2D eigenvalue weighted by Gasteiger charge is 2.40. The highest BCUT2D eigenvalue weighted by Crippen LogP contribution is 2.43. The first-order chi connectivity index (χ1) is 6.88. The Kier molecular flexibility index (Phi) is 6.05. The van der Waals surface area contributed by atoms with Crippen LogP contribution in [-0.4, -0.2) is 46.1 Å². The molecule has 0 saturated heterocycles. The minimum absolute atomic E-state index is 0.108. The Morgan fingerprint density at radius 2 is 1.80 bits per heavy atom. The van der Waals surface area contributed by atoms with Gasteiger partial charge in [0.2, 0.25) is 5.78 Å². The van der Waals surface area contributed by atoms with E-state index in [-0.39, 0.29) is 6.61 Å². The van der Waals surface area contributed by atoms with Crippen LogP contribution in [0, 0.1) is 0 Å². The number of carbonyl (C=O) groups is 1. The molecule has 7 heteroatoms. The maximum Gasteiger partial charge on any atom is 0.354 e. The minimum atomic E-state index is -4.50. The summed E-state index contributed by atoms with van der Waals surface area (Å²) in [6.45, 7) is 5.92. The molecule has 0 rings (SSSR count). The van der Waals surface area contributed by atoms with Crippen molar-refractivity contribution in [2.45, 2.75) is 26.6 Å². The molecule has 1 unspecified atom stereocenters. The van der Waals surface area contributed by atoms with Gasteiger partial charge in [-0.25, -0.2) is 4.79 Å². The minimum Gasteiger partial charge on any atom is -0.464 e. The van der Waals surface area contributed by atoms with Crippen molar-refractivity contribution in [3.63, 3.8) is 0 Å². The molecular formula is C8H18NO5P. The summed E-state index contributed by atoms with van der Waals surface area (Å²) in [4.78, 5) is 30.9. The maximum atomic E-state index is 11.4. The highest BCUT2D eigenvalue weighted by molar-refractivity contribution is 7.53. The van der Waals surface area contributed by atoms with Crippen LogP contribution in [0.1, 0.15) is 20.8 Å². The molecule has 0 aliphatic heterocycles. The molecule has 6 nitrogen and oxygen atoms in total. The SMILES string of the molecule is CCOC(=O)C(N(CC)CC)P(=O)(O)O. The second-order valence-corrected chi connectivity index (χ2v) is 4.60. The van der Waals surface area contributed by atoms with Crippen molar-refractivity contribution < 1.29 is 23.9 Å². The van der Waals surface area contributed by atoms with Crippen molar-refractivity contribution in [1.29, 1.82) is 0 Å². The lowest BCUT2D eigenvalue weighted by Gasteiger charge is -2.27. The second-order valence-electron chi connectivity index (χ2n) is 2.94. The first kappa shape index (κ1) is 14.6. The molecule has 0 amide bonds. The summed E-state index contributed by atoms with van der Waals surface area (Å²) in [5, 5.41) is 0. The van der Waals surface area contributed by atoms with E-state index in [4.69, 9.17) is 9.79 Å². The molecule has 0 aromatic rings. The van der Waals surface area contributed by atoms with Crippen LogP contribution in [0.25, 0.3) is 0 Å². The van der Waals surface area contributed by atoms with Crippen LogP contribution in [0.2, 0.25) is 0 Å². The molecule has 0 fully saturated rings. The third-order valence-electron chi connectivity index (χ3n) is 1.97. The number of hydrogen-bond acceptors (Lipinski definition) is 4. The van der Waals surface area contributed by atoms with Gasteiger partial charge >= 0.3 is 13.6 Å². The van der Waals surface area contributed by atoms with E-state index in [1.165, 1.54) is 4.90 Å². The normalized spacial score (nSPS) is 14.0. The molecular weight excluding hydrogens is 221 g/mol. The predicted octanol–water partition coefficient (Wildman–Crippen LogP) is 0.395. The smallest absolute Gasteiger partial charge is 0.354 e. The van der Waals surface area contributed by atoms with Gasteiger partial charge in [0.25, 0.3) is 0 Å². The van der Waals surface area contributed by atoms with Crippen LogP contribution in [0.15, 0.2) is 0 Å². The Hall–Kier alpha value is -0.420. The first-order valence-corrected chi connectivity index (χ1v) is 6.52. The predicted molar refractivity (Wildman–Crippen MR) is 55.4 cm³/mol. The van der Waals surface area contributed by atoms with Gasteiger partial charge in [-0.05, 0) is 20.0 Å². The molecule has 0 aliphatic rings. The summed E-state index contributed by atoms with van der Waals surface area (Å²) in [5.74, 6) is -2.35. The summed E-state index contributed by atoms with van der Waals surface area (Å²) in [7, 11) is -4.50. The number of hydrogen-bond donors (Lipinski definition) is 2. The van der Waals surface area contributed by atoms with Gasteiger partial charge in [0.05, 0.1) is 6.61 Å². The van der Waals surface area contributed by atoms with Gasteiger partial charge in [-0.1, -0.05) is 13.8 Å². The zero-order chi connectivity index (χ0) is 12.1. The largest absolute Gasteiger partial charge is 0.464 e. The lowest BCUT2D eigenvalue weighted by molar-refractivity contribution is -0.146. The van der Waals surface area contributed by atoms with Gasteiger partial charge in [0.1, 0.15) is 0 Å². The zero-order valence-electron chi connectivity index (χ0n) is 9.21. The molecule has 0 heterocycles. The fourth-order valence-electron chi connectivity index (χ4n) is 1.29. The van der Waals surface area contributed by atoms with E-state index in [0.717, 1.165) is 0 Å². The van der Waals surface area contributed by atoms with E-state index in [0.29, 0.717) is 13.1 Å². The number of esters is 1. The fourth-order valence-corrected chi connectivity index (χ4v) is 2.39. The van der Waals surface area contributed by atoms with Gasteiger partial charge in [0.15, 0.2) is 0 Å². The Balaban J connectivity index is 4.88. The summed E-state index contributed by atoms with van der Waals surface area (Å²) >= 11 is 0. The average Bonchev–Trinajstić information content (AvgIpc) is 2.11. The molecule has 0 aliphatic carbocycles. The van der Waals surface area contributed by atoms with E-state index in [1.54, 1.807) is 20.8 Å². The van der Waals surface area contributed by atoms with Gasteiger partial charge in [-0.3, -0.25) is 9.46 Å². The van der Waals surface area contributed by atoms with Crippen molar-refractivity contribution in [2.75, 3.05) is 19.7 Å². The third kappa shape index (κ3) is 4.30. The van der Waals surface area contributed by atoms with Gasteiger partial charge in [0, 0.05) is 0 Å². The molecule has 2 N–H and O–H groups in total. The van der Waals surface area contributed by atoms with Crippen LogP contribution in [0.3, 0.4) is 0 Å². The summed E-state index contributed by atoms with van der Waals surface area (Å²) in [6.07, 6.45) is 0. The highest BCUT2D eigenvalue weighted by atomic mass is 31.2. The van der Waals surface area contributed by atoms with Crippen LogP contribution in [0.4, 0.5) is 0 Å². The quantitative estimate of drug-likeness (QED) is 0.515. The van der Waals surface area contributed by atoms with Crippen LogP contribution >= 0.6 is 7.60 Å². The Morgan fingerprint density at radius 1 is 1.33 bits per heavy atom. The van der Waals surface area contributed by atoms with Crippen molar-refractivity contribution in [1.82, 2.24) is 4.90 Å². The van der Waals surface area contributed by atoms with Gasteiger partial charge < -0.3 is 14.5 Å². The number of rotatable bonds is 6. The van der Waals surface area contributed by atoms with Gasteiger partial charge in [-0.2, -0.15) is 0 Å². The number of likely N-dealkylation sites (N-methyl/N-ethyl adjacent to an activating group) is 1. The summed E-state index contributed by atoms with van der Waals surface area (Å²) in [6, 6.07) is 0. The molecule has 90 valence electrons. The third-order valence-corrected chi connectivity index (χ3v) is 3.15. The zero-order valence-corrected chi connectivity index (χ0v) is 10.1. The molecule has 15 heavy (non-hydrogen) atoms. The molecule has 0 aromatic heterocycles. The van der Waals surface area contributed by atoms with E-state index in [2.05, 4.69) is 4.74 Å². The molecule has 0 spiro atoms. The van der Waals surface area contributed by atoms with E-state index in [9.17, 15) is 9.36 Å². The van der Waals surface area contributed by atoms with Crippen molar-refractivity contribution >= 4 is 13.6 Å². The standard InChI is InChI=1S/C8H18NO5P/c1-4-9(5-2)7(15(11,12)13)8(10)14-6-3/h7H,4-6H2,1-3H3,(H2,11,12,13). The van der Waals surface area contributed by atoms with E-state index in [1.807, 2.05) is 0 Å². The fraction of sp³-hybridized carbons (Fsp3) is 0.875. The van der Waals surface area contributed by atoms with Crippen molar-refractivity contribution in [3.8, 4) is 0 Å². The Bertz CT molecular complexity index is 247. The van der Waals surface area contributed by atoms with Crippen LogP contribution in [-0.2, 0) is 14.1 Å². The average molecular weight is 239 g/mol. The number of ether oxygens (including phenoxy) is 1.